The quantitative estimate of drug-likeness (QED) is 0.467. The van der Waals surface area contributed by atoms with Gasteiger partial charge in [0.05, 0.1) is 35.3 Å². The van der Waals surface area contributed by atoms with E-state index in [9.17, 15) is 13.6 Å². The Kier molecular flexibility index (Phi) is 5.66. The molecule has 4 heterocycles. The van der Waals surface area contributed by atoms with Gasteiger partial charge in [-0.25, -0.2) is 23.3 Å². The first-order valence-electron chi connectivity index (χ1n) is 11.0. The number of carbonyl (C=O) groups is 1. The maximum absolute atomic E-state index is 14.9. The number of hydrogen-bond acceptors (Lipinski definition) is 6. The molecule has 1 aliphatic rings. The summed E-state index contributed by atoms with van der Waals surface area (Å²) in [6, 6.07) is 8.39. The number of carbonyl (C=O) groups excluding carboxylic acids is 1. The van der Waals surface area contributed by atoms with Crippen molar-refractivity contribution in [3.63, 3.8) is 0 Å². The monoisotopic (exact) mass is 463 g/mol. The third-order valence-electron chi connectivity index (χ3n) is 5.81. The van der Waals surface area contributed by atoms with Gasteiger partial charge in [0.2, 0.25) is 11.9 Å². The van der Waals surface area contributed by atoms with Crippen molar-refractivity contribution in [3.05, 3.63) is 66.1 Å². The Balaban J connectivity index is 1.43. The fourth-order valence-electron chi connectivity index (χ4n) is 4.01. The Hall–Kier alpha value is -3.92. The highest BCUT2D eigenvalue weighted by atomic mass is 19.2. The third-order valence-corrected chi connectivity index (χ3v) is 5.81. The van der Waals surface area contributed by atoms with Gasteiger partial charge in [-0.1, -0.05) is 13.8 Å². The van der Waals surface area contributed by atoms with Crippen molar-refractivity contribution in [1.82, 2.24) is 24.9 Å². The van der Waals surface area contributed by atoms with E-state index in [1.54, 1.807) is 12.3 Å². The summed E-state index contributed by atoms with van der Waals surface area (Å²) < 4.78 is 31.5. The number of hydrogen-bond donors (Lipinski definition) is 2. The predicted octanol–water partition coefficient (Wildman–Crippen LogP) is 3.87. The molecule has 174 valence electrons. The predicted molar refractivity (Wildman–Crippen MR) is 125 cm³/mol. The fourth-order valence-corrected chi connectivity index (χ4v) is 4.01. The molecule has 34 heavy (non-hydrogen) atoms. The SMILES string of the molecule is CC(C)c1cnn2ccc(-c3ccnc(Nc4ccc(N5CCNCC5=O)c(F)c4F)n3)cc12. The van der Waals surface area contributed by atoms with E-state index < -0.39 is 11.6 Å². The Morgan fingerprint density at radius 2 is 2.00 bits per heavy atom. The van der Waals surface area contributed by atoms with Crippen LogP contribution in [-0.2, 0) is 4.79 Å². The first-order valence-corrected chi connectivity index (χ1v) is 11.0. The largest absolute Gasteiger partial charge is 0.322 e. The van der Waals surface area contributed by atoms with Crippen LogP contribution in [0.5, 0.6) is 0 Å². The minimum Gasteiger partial charge on any atom is -0.322 e. The molecular weight excluding hydrogens is 440 g/mol. The lowest BCUT2D eigenvalue weighted by Gasteiger charge is -2.28. The second kappa shape index (κ2) is 8.79. The van der Waals surface area contributed by atoms with Crippen LogP contribution >= 0.6 is 0 Å². The maximum Gasteiger partial charge on any atom is 0.241 e. The zero-order valence-corrected chi connectivity index (χ0v) is 18.7. The molecule has 0 spiro atoms. The van der Waals surface area contributed by atoms with Gasteiger partial charge in [0.1, 0.15) is 0 Å². The number of anilines is 3. The Labute approximate surface area is 194 Å². The van der Waals surface area contributed by atoms with Gasteiger partial charge < -0.3 is 15.5 Å². The number of rotatable bonds is 5. The summed E-state index contributed by atoms with van der Waals surface area (Å²) in [6.45, 7) is 5.08. The van der Waals surface area contributed by atoms with Crippen molar-refractivity contribution < 1.29 is 13.6 Å². The molecule has 4 aromatic rings. The number of piperazine rings is 1. The molecule has 1 aliphatic heterocycles. The van der Waals surface area contributed by atoms with Crippen LogP contribution in [0.25, 0.3) is 16.8 Å². The van der Waals surface area contributed by atoms with E-state index in [-0.39, 0.29) is 36.3 Å². The first-order chi connectivity index (χ1) is 16.4. The Bertz CT molecular complexity index is 1390. The van der Waals surface area contributed by atoms with Crippen LogP contribution in [0.4, 0.5) is 26.1 Å². The van der Waals surface area contributed by atoms with Crippen LogP contribution in [-0.4, -0.2) is 45.1 Å². The zero-order chi connectivity index (χ0) is 23.8. The molecule has 0 bridgehead atoms. The first kappa shape index (κ1) is 21.9. The van der Waals surface area contributed by atoms with E-state index in [1.807, 2.05) is 29.0 Å². The van der Waals surface area contributed by atoms with Crippen LogP contribution < -0.4 is 15.5 Å². The number of pyridine rings is 1. The van der Waals surface area contributed by atoms with E-state index in [0.29, 0.717) is 18.2 Å². The molecule has 1 amide bonds. The lowest BCUT2D eigenvalue weighted by molar-refractivity contribution is -0.118. The molecule has 0 saturated carbocycles. The topological polar surface area (TPSA) is 87.5 Å². The number of halogens is 2. The molecule has 5 rings (SSSR count). The smallest absolute Gasteiger partial charge is 0.241 e. The number of nitrogens with zero attached hydrogens (tertiary/aromatic N) is 5. The van der Waals surface area contributed by atoms with Gasteiger partial charge in [-0.15, -0.1) is 0 Å². The highest BCUT2D eigenvalue weighted by molar-refractivity contribution is 5.95. The van der Waals surface area contributed by atoms with Crippen molar-refractivity contribution in [2.45, 2.75) is 19.8 Å². The van der Waals surface area contributed by atoms with E-state index >= 15 is 0 Å². The van der Waals surface area contributed by atoms with E-state index in [4.69, 9.17) is 0 Å². The van der Waals surface area contributed by atoms with Crippen LogP contribution in [0.3, 0.4) is 0 Å². The Morgan fingerprint density at radius 3 is 2.79 bits per heavy atom. The van der Waals surface area contributed by atoms with Crippen LogP contribution in [0, 0.1) is 11.6 Å². The summed E-state index contributed by atoms with van der Waals surface area (Å²) in [6.07, 6.45) is 5.26. The lowest BCUT2D eigenvalue weighted by atomic mass is 10.0. The second-order valence-corrected chi connectivity index (χ2v) is 8.37. The number of fused-ring (bicyclic) bond motifs is 1. The minimum atomic E-state index is -1.10. The van der Waals surface area contributed by atoms with Gasteiger partial charge in [0, 0.05) is 36.6 Å². The van der Waals surface area contributed by atoms with E-state index in [2.05, 4.69) is 39.5 Å². The van der Waals surface area contributed by atoms with Gasteiger partial charge >= 0.3 is 0 Å². The molecule has 2 N–H and O–H groups in total. The van der Waals surface area contributed by atoms with Crippen LogP contribution in [0.2, 0.25) is 0 Å². The van der Waals surface area contributed by atoms with Gasteiger partial charge in [0.15, 0.2) is 11.6 Å². The number of nitrogens with one attached hydrogen (secondary N) is 2. The standard InChI is InChI=1S/C24H23F2N7O/c1-14(2)16-12-29-33-9-6-15(11-20(16)33)17-5-7-28-24(30-17)31-18-3-4-19(23(26)22(18)25)32-10-8-27-13-21(32)34/h3-7,9,11-12,14,27H,8,10,13H2,1-2H3,(H,28,30,31). The van der Waals surface area contributed by atoms with Crippen LogP contribution in [0.1, 0.15) is 25.3 Å². The average Bonchev–Trinajstić information content (AvgIpc) is 3.27. The number of aromatic nitrogens is 4. The number of amides is 1. The highest BCUT2D eigenvalue weighted by Gasteiger charge is 2.25. The van der Waals surface area contributed by atoms with Crippen molar-refractivity contribution in [2.24, 2.45) is 0 Å². The van der Waals surface area contributed by atoms with Crippen LogP contribution in [0.15, 0.2) is 48.9 Å². The van der Waals surface area contributed by atoms with Gasteiger partial charge in [-0.2, -0.15) is 5.10 Å². The van der Waals surface area contributed by atoms with Gasteiger partial charge in [-0.05, 0) is 36.2 Å². The van der Waals surface area contributed by atoms with Crippen molar-refractivity contribution >= 4 is 28.7 Å². The summed E-state index contributed by atoms with van der Waals surface area (Å²) in [7, 11) is 0. The van der Waals surface area contributed by atoms with Gasteiger partial charge in [-0.3, -0.25) is 4.79 Å². The summed E-state index contributed by atoms with van der Waals surface area (Å²) in [5.41, 5.74) is 3.37. The lowest BCUT2D eigenvalue weighted by Crippen LogP contribution is -2.48. The Morgan fingerprint density at radius 1 is 1.15 bits per heavy atom. The maximum atomic E-state index is 14.9. The molecule has 1 fully saturated rings. The van der Waals surface area contributed by atoms with Crippen molar-refractivity contribution in [3.8, 4) is 11.3 Å². The number of benzene rings is 1. The molecule has 8 nitrogen and oxygen atoms in total. The van der Waals surface area contributed by atoms with Gasteiger partial charge in [0.25, 0.3) is 0 Å². The molecule has 1 saturated heterocycles. The third kappa shape index (κ3) is 3.96. The summed E-state index contributed by atoms with van der Waals surface area (Å²) >= 11 is 0. The molecule has 10 heteroatoms. The summed E-state index contributed by atoms with van der Waals surface area (Å²) in [5, 5.41) is 10.0. The minimum absolute atomic E-state index is 0.0840. The normalized spacial score (nSPS) is 14.3. The molecule has 0 unspecified atom stereocenters. The summed E-state index contributed by atoms with van der Waals surface area (Å²) in [5.74, 6) is -2.06. The van der Waals surface area contributed by atoms with E-state index in [0.717, 1.165) is 16.6 Å². The molecule has 0 radical (unpaired) electrons. The highest BCUT2D eigenvalue weighted by Crippen LogP contribution is 2.30. The zero-order valence-electron chi connectivity index (χ0n) is 18.7. The average molecular weight is 463 g/mol. The van der Waals surface area contributed by atoms with E-state index in [1.165, 1.54) is 17.0 Å². The summed E-state index contributed by atoms with van der Waals surface area (Å²) in [4.78, 5) is 21.9. The van der Waals surface area contributed by atoms with Crippen molar-refractivity contribution in [2.75, 3.05) is 29.9 Å². The molecule has 1 aromatic carbocycles. The van der Waals surface area contributed by atoms with Crippen molar-refractivity contribution in [1.29, 1.82) is 0 Å². The molecule has 3 aromatic heterocycles. The molecule has 0 aliphatic carbocycles. The second-order valence-electron chi connectivity index (χ2n) is 8.37. The molecular formula is C24H23F2N7O. The fraction of sp³-hybridized carbons (Fsp3) is 0.250. The molecule has 0 atom stereocenters.